The van der Waals surface area contributed by atoms with Crippen molar-refractivity contribution in [2.24, 2.45) is 0 Å². The summed E-state index contributed by atoms with van der Waals surface area (Å²) in [7, 11) is 0. The molecule has 0 spiro atoms. The van der Waals surface area contributed by atoms with Crippen LogP contribution in [0.25, 0.3) is 10.9 Å². The van der Waals surface area contributed by atoms with E-state index >= 15 is 0 Å². The van der Waals surface area contributed by atoms with Crippen LogP contribution in [0.1, 0.15) is 19.8 Å². The Balaban J connectivity index is 2.37. The molecule has 1 N–H and O–H groups in total. The number of rotatable bonds is 3. The van der Waals surface area contributed by atoms with Gasteiger partial charge in [0.05, 0.1) is 0 Å². The molecule has 1 aromatic carbocycles. The van der Waals surface area contributed by atoms with Crippen molar-refractivity contribution in [3.05, 3.63) is 30.5 Å². The van der Waals surface area contributed by atoms with Crippen LogP contribution in [0.3, 0.4) is 0 Å². The van der Waals surface area contributed by atoms with E-state index < -0.39 is 0 Å². The number of nitrogens with zero attached hydrogens (tertiary/aromatic N) is 1. The van der Waals surface area contributed by atoms with Gasteiger partial charge < -0.3 is 9.67 Å². The van der Waals surface area contributed by atoms with Crippen molar-refractivity contribution in [3.63, 3.8) is 0 Å². The highest BCUT2D eigenvalue weighted by molar-refractivity contribution is 5.81. The molecular formula is C12H15NO. The molecule has 2 heteroatoms. The summed E-state index contributed by atoms with van der Waals surface area (Å²) < 4.78 is 2.23. The Bertz CT molecular complexity index is 431. The summed E-state index contributed by atoms with van der Waals surface area (Å²) in [4.78, 5) is 0. The molecule has 0 saturated carbocycles. The lowest BCUT2D eigenvalue weighted by Crippen LogP contribution is -1.94. The van der Waals surface area contributed by atoms with Crippen LogP contribution in [-0.2, 0) is 6.54 Å². The van der Waals surface area contributed by atoms with Gasteiger partial charge in [0, 0.05) is 23.6 Å². The maximum atomic E-state index is 9.31. The van der Waals surface area contributed by atoms with Crippen LogP contribution in [0, 0.1) is 0 Å². The second-order valence-electron chi connectivity index (χ2n) is 3.61. The maximum Gasteiger partial charge on any atom is 0.116 e. The summed E-state index contributed by atoms with van der Waals surface area (Å²) in [6.07, 6.45) is 4.49. The molecular weight excluding hydrogens is 174 g/mol. The summed E-state index contributed by atoms with van der Waals surface area (Å²) in [5.74, 6) is 0.339. The summed E-state index contributed by atoms with van der Waals surface area (Å²) in [6.45, 7) is 3.25. The lowest BCUT2D eigenvalue weighted by Gasteiger charge is -2.03. The first-order valence-electron chi connectivity index (χ1n) is 5.09. The van der Waals surface area contributed by atoms with Crippen molar-refractivity contribution < 1.29 is 5.11 Å². The first-order valence-corrected chi connectivity index (χ1v) is 5.09. The number of hydrogen-bond acceptors (Lipinski definition) is 1. The van der Waals surface area contributed by atoms with Crippen molar-refractivity contribution in [1.29, 1.82) is 0 Å². The number of aromatic nitrogens is 1. The molecule has 0 aliphatic rings. The van der Waals surface area contributed by atoms with E-state index in [0.29, 0.717) is 5.75 Å². The highest BCUT2D eigenvalue weighted by Crippen LogP contribution is 2.21. The van der Waals surface area contributed by atoms with Crippen molar-refractivity contribution >= 4 is 10.9 Å². The van der Waals surface area contributed by atoms with Crippen LogP contribution >= 0.6 is 0 Å². The van der Waals surface area contributed by atoms with E-state index in [9.17, 15) is 5.11 Å². The van der Waals surface area contributed by atoms with E-state index in [0.717, 1.165) is 11.9 Å². The molecule has 0 bridgehead atoms. The summed E-state index contributed by atoms with van der Waals surface area (Å²) in [5.41, 5.74) is 1.20. The van der Waals surface area contributed by atoms with Crippen LogP contribution in [0.5, 0.6) is 5.75 Å². The molecule has 1 aromatic heterocycles. The van der Waals surface area contributed by atoms with Crippen LogP contribution < -0.4 is 0 Å². The quantitative estimate of drug-likeness (QED) is 0.788. The first-order chi connectivity index (χ1) is 6.81. The van der Waals surface area contributed by atoms with Gasteiger partial charge in [-0.25, -0.2) is 0 Å². The average Bonchev–Trinajstić information content (AvgIpc) is 2.57. The molecule has 0 atom stereocenters. The molecule has 14 heavy (non-hydrogen) atoms. The van der Waals surface area contributed by atoms with Gasteiger partial charge in [-0.15, -0.1) is 0 Å². The maximum absolute atomic E-state index is 9.31. The lowest BCUT2D eigenvalue weighted by atomic mass is 10.2. The number of aryl methyl sites for hydroxylation is 1. The molecule has 0 unspecified atom stereocenters. The second kappa shape index (κ2) is 3.74. The fourth-order valence-corrected chi connectivity index (χ4v) is 1.71. The minimum absolute atomic E-state index is 0.339. The molecule has 0 aliphatic carbocycles. The fraction of sp³-hybridized carbons (Fsp3) is 0.333. The topological polar surface area (TPSA) is 25.2 Å². The number of phenols is 1. The zero-order valence-corrected chi connectivity index (χ0v) is 8.40. The fourth-order valence-electron chi connectivity index (χ4n) is 1.71. The molecule has 2 nitrogen and oxygen atoms in total. The van der Waals surface area contributed by atoms with Gasteiger partial charge in [-0.05, 0) is 30.7 Å². The Morgan fingerprint density at radius 2 is 2.14 bits per heavy atom. The molecule has 0 amide bonds. The van der Waals surface area contributed by atoms with Crippen molar-refractivity contribution in [1.82, 2.24) is 4.57 Å². The number of phenolic OH excluding ortho intramolecular Hbond substituents is 1. The van der Waals surface area contributed by atoms with Gasteiger partial charge in [-0.3, -0.25) is 0 Å². The average molecular weight is 189 g/mol. The van der Waals surface area contributed by atoms with E-state index in [-0.39, 0.29) is 0 Å². The monoisotopic (exact) mass is 189 g/mol. The van der Waals surface area contributed by atoms with E-state index in [1.807, 2.05) is 12.1 Å². The lowest BCUT2D eigenvalue weighted by molar-refractivity contribution is 0.476. The van der Waals surface area contributed by atoms with Gasteiger partial charge >= 0.3 is 0 Å². The summed E-state index contributed by atoms with van der Waals surface area (Å²) in [6, 6.07) is 7.56. The first kappa shape index (κ1) is 9.13. The summed E-state index contributed by atoms with van der Waals surface area (Å²) >= 11 is 0. The molecule has 2 rings (SSSR count). The third kappa shape index (κ3) is 1.60. The number of benzene rings is 1. The number of fused-ring (bicyclic) bond motifs is 1. The largest absolute Gasteiger partial charge is 0.508 e. The molecule has 1 heterocycles. The Morgan fingerprint density at radius 3 is 2.93 bits per heavy atom. The van der Waals surface area contributed by atoms with E-state index in [4.69, 9.17) is 0 Å². The molecule has 0 fully saturated rings. The molecule has 0 radical (unpaired) electrons. The normalized spacial score (nSPS) is 10.9. The molecule has 0 aliphatic heterocycles. The van der Waals surface area contributed by atoms with E-state index in [2.05, 4.69) is 17.7 Å². The highest BCUT2D eigenvalue weighted by atomic mass is 16.3. The third-order valence-electron chi connectivity index (χ3n) is 2.51. The minimum Gasteiger partial charge on any atom is -0.508 e. The number of unbranched alkanes of at least 4 members (excludes halogenated alkanes) is 1. The van der Waals surface area contributed by atoms with Crippen molar-refractivity contribution in [2.75, 3.05) is 0 Å². The highest BCUT2D eigenvalue weighted by Gasteiger charge is 2.00. The predicted molar refractivity (Wildman–Crippen MR) is 58.5 cm³/mol. The van der Waals surface area contributed by atoms with Gasteiger partial charge in [0.2, 0.25) is 0 Å². The SMILES string of the molecule is CCCCn1ccc2cc(O)ccc21. The molecule has 74 valence electrons. The van der Waals surface area contributed by atoms with Gasteiger partial charge in [-0.2, -0.15) is 0 Å². The van der Waals surface area contributed by atoms with Gasteiger partial charge in [0.25, 0.3) is 0 Å². The molecule has 0 saturated heterocycles. The van der Waals surface area contributed by atoms with Crippen molar-refractivity contribution in [3.8, 4) is 5.75 Å². The van der Waals surface area contributed by atoms with Crippen molar-refractivity contribution in [2.45, 2.75) is 26.3 Å². The number of aromatic hydroxyl groups is 1. The Kier molecular flexibility index (Phi) is 2.44. The zero-order chi connectivity index (χ0) is 9.97. The van der Waals surface area contributed by atoms with Crippen LogP contribution in [-0.4, -0.2) is 9.67 Å². The molecule has 2 aromatic rings. The van der Waals surface area contributed by atoms with Crippen LogP contribution in [0.4, 0.5) is 0 Å². The van der Waals surface area contributed by atoms with Gasteiger partial charge in [-0.1, -0.05) is 13.3 Å². The third-order valence-corrected chi connectivity index (χ3v) is 2.51. The minimum atomic E-state index is 0.339. The second-order valence-corrected chi connectivity index (χ2v) is 3.61. The van der Waals surface area contributed by atoms with E-state index in [1.54, 1.807) is 12.1 Å². The number of hydrogen-bond donors (Lipinski definition) is 1. The smallest absolute Gasteiger partial charge is 0.116 e. The Labute approximate surface area is 83.8 Å². The predicted octanol–water partition coefficient (Wildman–Crippen LogP) is 3.15. The van der Waals surface area contributed by atoms with Crippen LogP contribution in [0.15, 0.2) is 30.5 Å². The zero-order valence-electron chi connectivity index (χ0n) is 8.40. The van der Waals surface area contributed by atoms with E-state index in [1.165, 1.54) is 18.4 Å². The Morgan fingerprint density at radius 1 is 1.29 bits per heavy atom. The van der Waals surface area contributed by atoms with Gasteiger partial charge in [0.1, 0.15) is 5.75 Å². The Hall–Kier alpha value is -1.44. The summed E-state index contributed by atoms with van der Waals surface area (Å²) in [5, 5.41) is 10.4. The van der Waals surface area contributed by atoms with Gasteiger partial charge in [0.15, 0.2) is 0 Å². The van der Waals surface area contributed by atoms with Crippen LogP contribution in [0.2, 0.25) is 0 Å². The standard InChI is InChI=1S/C12H15NO/c1-2-3-7-13-8-6-10-9-11(14)4-5-12(10)13/h4-6,8-9,14H,2-3,7H2,1H3.